The summed E-state index contributed by atoms with van der Waals surface area (Å²) < 4.78 is 25.8. The van der Waals surface area contributed by atoms with E-state index in [1.165, 1.54) is 6.92 Å². The standard InChI is InChI=1S/C12H22N2O5S/c1-10(12(17)14-7-3-2-4-8-14)13-20(18,19)9-5-6-11(15)16/h10,13H,2-9H2,1H3,(H,15,16). The van der Waals surface area contributed by atoms with Crippen molar-refractivity contribution in [3.63, 3.8) is 0 Å². The fraction of sp³-hybridized carbons (Fsp3) is 0.833. The number of aliphatic carboxylic acids is 1. The maximum absolute atomic E-state index is 12.1. The van der Waals surface area contributed by atoms with Gasteiger partial charge in [-0.15, -0.1) is 0 Å². The maximum Gasteiger partial charge on any atom is 0.303 e. The predicted octanol–water partition coefficient (Wildman–Crippen LogP) is 0.172. The second-order valence-electron chi connectivity index (χ2n) is 5.04. The van der Waals surface area contributed by atoms with Crippen molar-refractivity contribution in [1.29, 1.82) is 0 Å². The highest BCUT2D eigenvalue weighted by molar-refractivity contribution is 7.89. The van der Waals surface area contributed by atoms with Crippen LogP contribution in [0, 0.1) is 0 Å². The van der Waals surface area contributed by atoms with Gasteiger partial charge in [-0.1, -0.05) is 0 Å². The van der Waals surface area contributed by atoms with E-state index < -0.39 is 22.0 Å². The topological polar surface area (TPSA) is 104 Å². The number of nitrogens with zero attached hydrogens (tertiary/aromatic N) is 1. The molecule has 1 unspecified atom stereocenters. The molecule has 0 saturated carbocycles. The van der Waals surface area contributed by atoms with E-state index in [1.54, 1.807) is 4.90 Å². The van der Waals surface area contributed by atoms with Crippen LogP contribution in [-0.4, -0.2) is 55.2 Å². The highest BCUT2D eigenvalue weighted by Crippen LogP contribution is 2.10. The zero-order valence-electron chi connectivity index (χ0n) is 11.7. The molecule has 2 N–H and O–H groups in total. The van der Waals surface area contributed by atoms with Crippen LogP contribution >= 0.6 is 0 Å². The summed E-state index contributed by atoms with van der Waals surface area (Å²) in [6.07, 6.45) is 2.83. The van der Waals surface area contributed by atoms with Gasteiger partial charge in [0.1, 0.15) is 0 Å². The van der Waals surface area contributed by atoms with Crippen LogP contribution in [0.1, 0.15) is 39.0 Å². The van der Waals surface area contributed by atoms with Crippen molar-refractivity contribution in [3.05, 3.63) is 0 Å². The summed E-state index contributed by atoms with van der Waals surface area (Å²) in [6.45, 7) is 2.86. The van der Waals surface area contributed by atoms with E-state index in [4.69, 9.17) is 5.11 Å². The van der Waals surface area contributed by atoms with Crippen LogP contribution in [-0.2, 0) is 19.6 Å². The Labute approximate surface area is 119 Å². The number of rotatable bonds is 7. The number of likely N-dealkylation sites (tertiary alicyclic amines) is 1. The van der Waals surface area contributed by atoms with Crippen molar-refractivity contribution in [3.8, 4) is 0 Å². The Morgan fingerprint density at radius 1 is 1.25 bits per heavy atom. The number of amides is 1. The van der Waals surface area contributed by atoms with Crippen molar-refractivity contribution in [2.75, 3.05) is 18.8 Å². The Hall–Kier alpha value is -1.15. The highest BCUT2D eigenvalue weighted by Gasteiger charge is 2.25. The minimum absolute atomic E-state index is 0.0370. The molecule has 0 aromatic heterocycles. The monoisotopic (exact) mass is 306 g/mol. The lowest BCUT2D eigenvalue weighted by Crippen LogP contribution is -2.48. The fourth-order valence-electron chi connectivity index (χ4n) is 2.18. The van der Waals surface area contributed by atoms with Gasteiger partial charge in [-0.25, -0.2) is 13.1 Å². The zero-order chi connectivity index (χ0) is 15.2. The maximum atomic E-state index is 12.1. The van der Waals surface area contributed by atoms with E-state index in [0.717, 1.165) is 19.3 Å². The molecule has 1 rings (SSSR count). The molecular weight excluding hydrogens is 284 g/mol. The van der Waals surface area contributed by atoms with Crippen molar-refractivity contribution >= 4 is 21.9 Å². The normalized spacial score (nSPS) is 17.8. The lowest BCUT2D eigenvalue weighted by Gasteiger charge is -2.29. The summed E-state index contributed by atoms with van der Waals surface area (Å²) >= 11 is 0. The van der Waals surface area contributed by atoms with Crippen LogP contribution in [0.5, 0.6) is 0 Å². The Bertz CT molecular complexity index is 443. The van der Waals surface area contributed by atoms with Gasteiger partial charge in [-0.3, -0.25) is 9.59 Å². The second kappa shape index (κ2) is 7.58. The number of hydrogen-bond acceptors (Lipinski definition) is 4. The summed E-state index contributed by atoms with van der Waals surface area (Å²) in [5.41, 5.74) is 0. The number of carboxylic acid groups (broad SMARTS) is 1. The summed E-state index contributed by atoms with van der Waals surface area (Å²) in [5.74, 6) is -1.53. The van der Waals surface area contributed by atoms with Gasteiger partial charge in [-0.05, 0) is 32.6 Å². The highest BCUT2D eigenvalue weighted by atomic mass is 32.2. The van der Waals surface area contributed by atoms with Crippen LogP contribution in [0.25, 0.3) is 0 Å². The van der Waals surface area contributed by atoms with Gasteiger partial charge in [0, 0.05) is 19.5 Å². The molecule has 1 fully saturated rings. The summed E-state index contributed by atoms with van der Waals surface area (Å²) in [5, 5.41) is 8.47. The smallest absolute Gasteiger partial charge is 0.303 e. The van der Waals surface area contributed by atoms with Gasteiger partial charge in [0.2, 0.25) is 15.9 Å². The van der Waals surface area contributed by atoms with E-state index in [9.17, 15) is 18.0 Å². The number of piperidine rings is 1. The largest absolute Gasteiger partial charge is 0.481 e. The predicted molar refractivity (Wildman–Crippen MR) is 73.7 cm³/mol. The van der Waals surface area contributed by atoms with E-state index in [2.05, 4.69) is 4.72 Å². The summed E-state index contributed by atoms with van der Waals surface area (Å²) in [6, 6.07) is -0.803. The van der Waals surface area contributed by atoms with Crippen LogP contribution in [0.2, 0.25) is 0 Å². The summed E-state index contributed by atoms with van der Waals surface area (Å²) in [4.78, 5) is 24.1. The van der Waals surface area contributed by atoms with Crippen molar-refractivity contribution in [2.24, 2.45) is 0 Å². The molecule has 0 aliphatic carbocycles. The first-order valence-electron chi connectivity index (χ1n) is 6.82. The van der Waals surface area contributed by atoms with Gasteiger partial charge in [0.05, 0.1) is 11.8 Å². The molecule has 20 heavy (non-hydrogen) atoms. The zero-order valence-corrected chi connectivity index (χ0v) is 12.5. The van der Waals surface area contributed by atoms with E-state index in [0.29, 0.717) is 13.1 Å². The third-order valence-corrected chi connectivity index (χ3v) is 4.74. The van der Waals surface area contributed by atoms with Gasteiger partial charge in [0.25, 0.3) is 0 Å². The molecule has 1 heterocycles. The Morgan fingerprint density at radius 3 is 2.40 bits per heavy atom. The molecule has 0 bridgehead atoms. The minimum atomic E-state index is -3.62. The number of carbonyl (C=O) groups is 2. The third-order valence-electron chi connectivity index (χ3n) is 3.20. The first-order valence-corrected chi connectivity index (χ1v) is 8.47. The molecule has 116 valence electrons. The quantitative estimate of drug-likeness (QED) is 0.698. The average Bonchev–Trinajstić information content (AvgIpc) is 2.37. The van der Waals surface area contributed by atoms with E-state index in [-0.39, 0.29) is 24.5 Å². The number of nitrogens with one attached hydrogen (secondary N) is 1. The van der Waals surface area contributed by atoms with Gasteiger partial charge >= 0.3 is 5.97 Å². The van der Waals surface area contributed by atoms with Crippen LogP contribution < -0.4 is 4.72 Å². The molecule has 1 aliphatic rings. The molecular formula is C12H22N2O5S. The number of hydrogen-bond donors (Lipinski definition) is 2. The van der Waals surface area contributed by atoms with Crippen LogP contribution in [0.4, 0.5) is 0 Å². The molecule has 0 aromatic rings. The second-order valence-corrected chi connectivity index (χ2v) is 6.92. The molecule has 7 nitrogen and oxygen atoms in total. The third kappa shape index (κ3) is 5.87. The molecule has 1 amide bonds. The van der Waals surface area contributed by atoms with Crippen molar-refractivity contribution in [1.82, 2.24) is 9.62 Å². The van der Waals surface area contributed by atoms with E-state index in [1.807, 2.05) is 0 Å². The van der Waals surface area contributed by atoms with Crippen molar-refractivity contribution < 1.29 is 23.1 Å². The number of sulfonamides is 1. The molecule has 1 saturated heterocycles. The summed E-state index contributed by atoms with van der Waals surface area (Å²) in [7, 11) is -3.62. The Balaban J connectivity index is 2.44. The van der Waals surface area contributed by atoms with Gasteiger partial charge in [-0.2, -0.15) is 0 Å². The molecule has 0 radical (unpaired) electrons. The number of carboxylic acids is 1. The lowest BCUT2D eigenvalue weighted by atomic mass is 10.1. The number of carbonyl (C=O) groups excluding carboxylic acids is 1. The molecule has 1 atom stereocenters. The van der Waals surface area contributed by atoms with Crippen LogP contribution in [0.3, 0.4) is 0 Å². The fourth-order valence-corrected chi connectivity index (χ4v) is 3.46. The Morgan fingerprint density at radius 2 is 1.85 bits per heavy atom. The molecule has 1 aliphatic heterocycles. The average molecular weight is 306 g/mol. The minimum Gasteiger partial charge on any atom is -0.481 e. The SMILES string of the molecule is CC(NS(=O)(=O)CCCC(=O)O)C(=O)N1CCCCC1. The van der Waals surface area contributed by atoms with E-state index >= 15 is 0 Å². The van der Waals surface area contributed by atoms with Gasteiger partial charge in [0.15, 0.2) is 0 Å². The Kier molecular flexibility index (Phi) is 6.41. The first-order chi connectivity index (χ1) is 9.32. The van der Waals surface area contributed by atoms with Crippen molar-refractivity contribution in [2.45, 2.75) is 45.1 Å². The van der Waals surface area contributed by atoms with Gasteiger partial charge < -0.3 is 10.0 Å². The molecule has 8 heteroatoms. The van der Waals surface area contributed by atoms with Crippen LogP contribution in [0.15, 0.2) is 0 Å². The lowest BCUT2D eigenvalue weighted by molar-refractivity contribution is -0.137. The molecule has 0 spiro atoms. The molecule has 0 aromatic carbocycles. The first kappa shape index (κ1) is 16.9.